The predicted octanol–water partition coefficient (Wildman–Crippen LogP) is 2.36. The zero-order valence-corrected chi connectivity index (χ0v) is 15.7. The Balaban J connectivity index is 1.50. The smallest absolute Gasteiger partial charge is 0.233 e. The minimum Gasteiger partial charge on any atom is -0.355 e. The molecule has 0 saturated carbocycles. The minimum absolute atomic E-state index is 0.0241. The summed E-state index contributed by atoms with van der Waals surface area (Å²) in [6, 6.07) is 0.247. The van der Waals surface area contributed by atoms with Gasteiger partial charge in [-0.1, -0.05) is 13.3 Å². The Kier molecular flexibility index (Phi) is 6.12. The molecule has 1 saturated heterocycles. The number of anilines is 1. The van der Waals surface area contributed by atoms with Crippen molar-refractivity contribution in [1.82, 2.24) is 25.3 Å². The Labute approximate surface area is 152 Å². The van der Waals surface area contributed by atoms with Crippen LogP contribution in [0.4, 0.5) is 5.82 Å². The molecule has 1 amide bonds. The average molecular weight is 363 g/mol. The van der Waals surface area contributed by atoms with Gasteiger partial charge in [-0.2, -0.15) is 0 Å². The van der Waals surface area contributed by atoms with Gasteiger partial charge in [0, 0.05) is 19.1 Å². The van der Waals surface area contributed by atoms with Crippen molar-refractivity contribution in [2.24, 2.45) is 0 Å². The number of carbonyl (C=O) groups excluding carboxylic acids is 1. The lowest BCUT2D eigenvalue weighted by Crippen LogP contribution is -2.47. The number of thioether (sulfide) groups is 1. The van der Waals surface area contributed by atoms with E-state index in [4.69, 9.17) is 0 Å². The molecular weight excluding hydrogens is 336 g/mol. The summed E-state index contributed by atoms with van der Waals surface area (Å²) in [6.07, 6.45) is 7.40. The van der Waals surface area contributed by atoms with E-state index in [1.807, 2.05) is 6.92 Å². The normalized spacial score (nSPS) is 17.0. The largest absolute Gasteiger partial charge is 0.355 e. The quantitative estimate of drug-likeness (QED) is 0.735. The van der Waals surface area contributed by atoms with Crippen LogP contribution in [0, 0.1) is 0 Å². The maximum absolute atomic E-state index is 12.3. The molecule has 1 aliphatic rings. The number of aromatic amines is 1. The number of amides is 1. The molecule has 1 atom stereocenters. The third-order valence-corrected chi connectivity index (χ3v) is 5.82. The molecule has 1 fully saturated rings. The van der Waals surface area contributed by atoms with Gasteiger partial charge in [-0.25, -0.2) is 15.0 Å². The summed E-state index contributed by atoms with van der Waals surface area (Å²) >= 11 is 1.75. The van der Waals surface area contributed by atoms with Crippen LogP contribution in [0.1, 0.15) is 39.5 Å². The second kappa shape index (κ2) is 8.51. The maximum atomic E-state index is 12.3. The zero-order chi connectivity index (χ0) is 17.6. The summed E-state index contributed by atoms with van der Waals surface area (Å²) in [4.78, 5) is 30.4. The van der Waals surface area contributed by atoms with Crippen molar-refractivity contribution in [3.05, 3.63) is 12.7 Å². The number of rotatable bonds is 7. The third kappa shape index (κ3) is 4.42. The molecule has 136 valence electrons. The highest BCUT2D eigenvalue weighted by molar-refractivity contribution is 8.00. The van der Waals surface area contributed by atoms with Crippen molar-refractivity contribution in [3.63, 3.8) is 0 Å². The van der Waals surface area contributed by atoms with Crippen LogP contribution in [-0.2, 0) is 4.79 Å². The maximum Gasteiger partial charge on any atom is 0.233 e. The molecule has 1 aliphatic heterocycles. The molecule has 0 radical (unpaired) electrons. The van der Waals surface area contributed by atoms with E-state index in [9.17, 15) is 4.79 Å². The topological polar surface area (TPSA) is 86.8 Å². The molecule has 8 heteroatoms. The average Bonchev–Trinajstić information content (AvgIpc) is 3.11. The summed E-state index contributed by atoms with van der Waals surface area (Å²) < 4.78 is 0. The number of nitrogens with one attached hydrogen (secondary N) is 2. The molecule has 2 aromatic heterocycles. The zero-order valence-electron chi connectivity index (χ0n) is 14.9. The number of carbonyl (C=O) groups is 1. The van der Waals surface area contributed by atoms with E-state index < -0.39 is 0 Å². The number of fused-ring (bicyclic) bond motifs is 1. The van der Waals surface area contributed by atoms with Crippen molar-refractivity contribution in [3.8, 4) is 0 Å². The van der Waals surface area contributed by atoms with E-state index in [0.717, 1.165) is 43.0 Å². The van der Waals surface area contributed by atoms with Gasteiger partial charge in [0.25, 0.3) is 0 Å². The highest BCUT2D eigenvalue weighted by atomic mass is 32.2. The number of hydrogen-bond donors (Lipinski definition) is 2. The lowest BCUT2D eigenvalue weighted by molar-refractivity contribution is -0.121. The van der Waals surface area contributed by atoms with Gasteiger partial charge in [0.1, 0.15) is 11.8 Å². The number of unbranched alkanes of at least 4 members (excludes halogenated alkanes) is 1. The van der Waals surface area contributed by atoms with Crippen LogP contribution in [0.25, 0.3) is 11.2 Å². The summed E-state index contributed by atoms with van der Waals surface area (Å²) in [5.41, 5.74) is 1.57. The fourth-order valence-electron chi connectivity index (χ4n) is 3.03. The molecule has 7 nitrogen and oxygen atoms in total. The Morgan fingerprint density at radius 1 is 1.40 bits per heavy atom. The molecule has 0 aromatic carbocycles. The van der Waals surface area contributed by atoms with E-state index >= 15 is 0 Å². The standard InChI is InChI=1S/C17H26N6OS/c1-3-4-9-25-12(2)17(24)22-13-5-7-23(8-6-13)16-14-15(19-10-18-14)20-11-21-16/h10-13H,3-9H2,1-2H3,(H,22,24)(H,18,19,20,21). The van der Waals surface area contributed by atoms with Gasteiger partial charge < -0.3 is 15.2 Å². The number of H-pyrrole nitrogens is 1. The second-order valence-corrected chi connectivity index (χ2v) is 7.88. The lowest BCUT2D eigenvalue weighted by atomic mass is 10.0. The Bertz CT molecular complexity index is 697. The highest BCUT2D eigenvalue weighted by Gasteiger charge is 2.24. The van der Waals surface area contributed by atoms with E-state index in [0.29, 0.717) is 5.65 Å². The molecule has 2 aromatic rings. The van der Waals surface area contributed by atoms with Crippen LogP contribution in [0.3, 0.4) is 0 Å². The van der Waals surface area contributed by atoms with Gasteiger partial charge >= 0.3 is 0 Å². The van der Waals surface area contributed by atoms with E-state index in [1.165, 1.54) is 12.8 Å². The van der Waals surface area contributed by atoms with Crippen molar-refractivity contribution < 1.29 is 4.79 Å². The Morgan fingerprint density at radius 2 is 2.20 bits per heavy atom. The van der Waals surface area contributed by atoms with E-state index in [1.54, 1.807) is 24.4 Å². The Hall–Kier alpha value is -1.83. The molecule has 3 heterocycles. The summed E-state index contributed by atoms with van der Waals surface area (Å²) in [7, 11) is 0. The molecule has 3 rings (SSSR count). The van der Waals surface area contributed by atoms with E-state index in [2.05, 4.69) is 37.1 Å². The molecule has 2 N–H and O–H groups in total. The first-order chi connectivity index (χ1) is 12.2. The molecule has 25 heavy (non-hydrogen) atoms. The van der Waals surface area contributed by atoms with Crippen LogP contribution in [-0.4, -0.2) is 56.0 Å². The lowest BCUT2D eigenvalue weighted by Gasteiger charge is -2.33. The molecule has 1 unspecified atom stereocenters. The van der Waals surface area contributed by atoms with Crippen LogP contribution in [0.2, 0.25) is 0 Å². The fraction of sp³-hybridized carbons (Fsp3) is 0.647. The number of imidazole rings is 1. The van der Waals surface area contributed by atoms with Crippen LogP contribution < -0.4 is 10.2 Å². The Morgan fingerprint density at radius 3 is 2.96 bits per heavy atom. The van der Waals surface area contributed by atoms with Gasteiger partial charge in [-0.3, -0.25) is 4.79 Å². The summed E-state index contributed by atoms with van der Waals surface area (Å²) in [5, 5.41) is 3.23. The first kappa shape index (κ1) is 18.0. The monoisotopic (exact) mass is 362 g/mol. The number of nitrogens with zero attached hydrogens (tertiary/aromatic N) is 4. The number of aromatic nitrogens is 4. The van der Waals surface area contributed by atoms with Crippen molar-refractivity contribution in [2.45, 2.75) is 50.8 Å². The van der Waals surface area contributed by atoms with Crippen LogP contribution >= 0.6 is 11.8 Å². The second-order valence-electron chi connectivity index (χ2n) is 6.43. The van der Waals surface area contributed by atoms with Crippen molar-refractivity contribution >= 4 is 34.7 Å². The first-order valence-electron chi connectivity index (χ1n) is 9.00. The van der Waals surface area contributed by atoms with Crippen molar-refractivity contribution in [1.29, 1.82) is 0 Å². The molecule has 0 spiro atoms. The predicted molar refractivity (Wildman–Crippen MR) is 102 cm³/mol. The van der Waals surface area contributed by atoms with E-state index in [-0.39, 0.29) is 17.2 Å². The summed E-state index contributed by atoms with van der Waals surface area (Å²) in [5.74, 6) is 2.12. The SMILES string of the molecule is CCCCSC(C)C(=O)NC1CCN(c2ncnc3nc[nH]c23)CC1. The first-order valence-corrected chi connectivity index (χ1v) is 10.0. The van der Waals surface area contributed by atoms with Gasteiger partial charge in [0.05, 0.1) is 11.6 Å². The van der Waals surface area contributed by atoms with Gasteiger partial charge in [0.15, 0.2) is 11.5 Å². The number of piperidine rings is 1. The van der Waals surface area contributed by atoms with Crippen LogP contribution in [0.15, 0.2) is 12.7 Å². The minimum atomic E-state index is 0.0241. The molecular formula is C17H26N6OS. The highest BCUT2D eigenvalue weighted by Crippen LogP contribution is 2.23. The molecule has 0 bridgehead atoms. The van der Waals surface area contributed by atoms with Gasteiger partial charge in [-0.15, -0.1) is 11.8 Å². The molecule has 0 aliphatic carbocycles. The summed E-state index contributed by atoms with van der Waals surface area (Å²) in [6.45, 7) is 5.91. The van der Waals surface area contributed by atoms with Gasteiger partial charge in [-0.05, 0) is 31.9 Å². The fourth-order valence-corrected chi connectivity index (χ4v) is 4.05. The van der Waals surface area contributed by atoms with Crippen molar-refractivity contribution in [2.75, 3.05) is 23.7 Å². The van der Waals surface area contributed by atoms with Crippen LogP contribution in [0.5, 0.6) is 0 Å². The third-order valence-electron chi connectivity index (χ3n) is 4.58. The van der Waals surface area contributed by atoms with Gasteiger partial charge in [0.2, 0.25) is 5.91 Å². The number of hydrogen-bond acceptors (Lipinski definition) is 6.